The van der Waals surface area contributed by atoms with Crippen molar-refractivity contribution in [2.24, 2.45) is 0 Å². The molecule has 3 aromatic rings. The number of hydrogen-bond acceptors (Lipinski definition) is 3. The van der Waals surface area contributed by atoms with Gasteiger partial charge in [-0.25, -0.2) is 0 Å². The summed E-state index contributed by atoms with van der Waals surface area (Å²) in [5, 5.41) is 9.24. The molecule has 0 aliphatic heterocycles. The molecule has 0 aliphatic rings. The fraction of sp³-hybridized carbons (Fsp3) is 0.100. The Morgan fingerprint density at radius 3 is 2.56 bits per heavy atom. The maximum Gasteiger partial charge on any atom is 0.266 e. The Bertz CT molecular complexity index is 1000. The summed E-state index contributed by atoms with van der Waals surface area (Å²) >= 11 is 3.50. The molecule has 124 valence electrons. The molecule has 0 saturated heterocycles. The summed E-state index contributed by atoms with van der Waals surface area (Å²) in [6.07, 6.45) is 0. The van der Waals surface area contributed by atoms with Crippen LogP contribution in [0.15, 0.2) is 63.9 Å². The number of ether oxygens (including phenoxy) is 1. The normalized spacial score (nSPS) is 10.3. The third kappa shape index (κ3) is 3.81. The van der Waals surface area contributed by atoms with E-state index in [-0.39, 0.29) is 11.1 Å². The summed E-state index contributed by atoms with van der Waals surface area (Å²) in [6.45, 7) is 2.25. The van der Waals surface area contributed by atoms with Crippen molar-refractivity contribution in [3.63, 3.8) is 0 Å². The van der Waals surface area contributed by atoms with E-state index in [0.29, 0.717) is 17.9 Å². The van der Waals surface area contributed by atoms with Crippen molar-refractivity contribution in [3.05, 3.63) is 86.2 Å². The second-order valence-corrected chi connectivity index (χ2v) is 6.44. The lowest BCUT2D eigenvalue weighted by Gasteiger charge is -2.09. The quantitative estimate of drug-likeness (QED) is 0.704. The zero-order valence-corrected chi connectivity index (χ0v) is 15.1. The number of aromatic nitrogens is 1. The summed E-state index contributed by atoms with van der Waals surface area (Å²) in [7, 11) is 0. The van der Waals surface area contributed by atoms with Gasteiger partial charge in [0.15, 0.2) is 0 Å². The van der Waals surface area contributed by atoms with E-state index in [1.54, 1.807) is 13.0 Å². The van der Waals surface area contributed by atoms with Crippen LogP contribution >= 0.6 is 15.9 Å². The maximum atomic E-state index is 11.9. The smallest absolute Gasteiger partial charge is 0.266 e. The second kappa shape index (κ2) is 7.37. The Morgan fingerprint density at radius 2 is 1.88 bits per heavy atom. The highest BCUT2D eigenvalue weighted by atomic mass is 79.9. The third-order valence-electron chi connectivity index (χ3n) is 3.80. The van der Waals surface area contributed by atoms with Gasteiger partial charge in [0.2, 0.25) is 0 Å². The van der Waals surface area contributed by atoms with Gasteiger partial charge in [0.1, 0.15) is 24.0 Å². The zero-order chi connectivity index (χ0) is 17.8. The highest BCUT2D eigenvalue weighted by Gasteiger charge is 2.10. The maximum absolute atomic E-state index is 11.9. The highest BCUT2D eigenvalue weighted by molar-refractivity contribution is 9.10. The van der Waals surface area contributed by atoms with Gasteiger partial charge >= 0.3 is 0 Å². The molecule has 1 N–H and O–H groups in total. The van der Waals surface area contributed by atoms with Crippen molar-refractivity contribution in [1.82, 2.24) is 4.98 Å². The molecule has 0 amide bonds. The van der Waals surface area contributed by atoms with Crippen LogP contribution in [-0.4, -0.2) is 4.98 Å². The number of nitrogens with zero attached hydrogens (tertiary/aromatic N) is 1. The largest absolute Gasteiger partial charge is 0.489 e. The van der Waals surface area contributed by atoms with Crippen LogP contribution in [0.1, 0.15) is 16.8 Å². The SMILES string of the molecule is Cc1cc(-c2ccc(OCc3ccccc3Br)cc2)c(C#N)c(=O)[nH]1. The van der Waals surface area contributed by atoms with Gasteiger partial charge < -0.3 is 9.72 Å². The van der Waals surface area contributed by atoms with Gasteiger partial charge in [0.25, 0.3) is 5.56 Å². The molecule has 0 spiro atoms. The Balaban J connectivity index is 1.83. The van der Waals surface area contributed by atoms with Gasteiger partial charge in [-0.3, -0.25) is 4.79 Å². The molecule has 0 radical (unpaired) electrons. The van der Waals surface area contributed by atoms with Crippen LogP contribution in [0, 0.1) is 18.3 Å². The summed E-state index contributed by atoms with van der Waals surface area (Å²) in [4.78, 5) is 14.6. The summed E-state index contributed by atoms with van der Waals surface area (Å²) in [5.41, 5.74) is 2.95. The summed E-state index contributed by atoms with van der Waals surface area (Å²) in [6, 6.07) is 19.0. The topological polar surface area (TPSA) is 65.9 Å². The molecule has 0 bridgehead atoms. The minimum Gasteiger partial charge on any atom is -0.489 e. The van der Waals surface area contributed by atoms with E-state index in [1.165, 1.54) is 0 Å². The highest BCUT2D eigenvalue weighted by Crippen LogP contribution is 2.25. The number of pyridine rings is 1. The number of nitrogens with one attached hydrogen (secondary N) is 1. The lowest BCUT2D eigenvalue weighted by atomic mass is 10.0. The van der Waals surface area contributed by atoms with Crippen molar-refractivity contribution >= 4 is 15.9 Å². The van der Waals surface area contributed by atoms with Crippen LogP contribution in [0.2, 0.25) is 0 Å². The van der Waals surface area contributed by atoms with Gasteiger partial charge in [-0.15, -0.1) is 0 Å². The van der Waals surface area contributed by atoms with E-state index in [2.05, 4.69) is 20.9 Å². The molecule has 1 aromatic heterocycles. The molecule has 0 saturated carbocycles. The number of rotatable bonds is 4. The van der Waals surface area contributed by atoms with Gasteiger partial charge in [-0.1, -0.05) is 46.3 Å². The first-order valence-corrected chi connectivity index (χ1v) is 8.48. The molecule has 0 atom stereocenters. The predicted molar refractivity (Wildman–Crippen MR) is 100 cm³/mol. The number of halogens is 1. The third-order valence-corrected chi connectivity index (χ3v) is 4.57. The summed E-state index contributed by atoms with van der Waals surface area (Å²) < 4.78 is 6.81. The molecule has 5 heteroatoms. The van der Waals surface area contributed by atoms with Crippen molar-refractivity contribution in [2.45, 2.75) is 13.5 Å². The average Bonchev–Trinajstić information content (AvgIpc) is 2.61. The van der Waals surface area contributed by atoms with Crippen LogP contribution in [0.5, 0.6) is 5.75 Å². The number of H-pyrrole nitrogens is 1. The van der Waals surface area contributed by atoms with Crippen molar-refractivity contribution < 1.29 is 4.74 Å². The van der Waals surface area contributed by atoms with Crippen molar-refractivity contribution in [3.8, 4) is 22.9 Å². The molecule has 0 unspecified atom stereocenters. The van der Waals surface area contributed by atoms with Crippen LogP contribution in [-0.2, 0) is 6.61 Å². The number of aromatic amines is 1. The molecule has 25 heavy (non-hydrogen) atoms. The van der Waals surface area contributed by atoms with E-state index in [0.717, 1.165) is 21.3 Å². The van der Waals surface area contributed by atoms with Crippen molar-refractivity contribution in [2.75, 3.05) is 0 Å². The Kier molecular flexibility index (Phi) is 5.01. The number of nitriles is 1. The van der Waals surface area contributed by atoms with Crippen LogP contribution in [0.4, 0.5) is 0 Å². The van der Waals surface area contributed by atoms with E-state index in [4.69, 9.17) is 4.74 Å². The van der Waals surface area contributed by atoms with Crippen LogP contribution in [0.3, 0.4) is 0 Å². The minimum atomic E-state index is -0.369. The number of benzene rings is 2. The van der Waals surface area contributed by atoms with E-state index in [1.807, 2.05) is 54.6 Å². The monoisotopic (exact) mass is 394 g/mol. The molecule has 0 aliphatic carbocycles. The molecule has 0 fully saturated rings. The van der Waals surface area contributed by atoms with Crippen LogP contribution in [0.25, 0.3) is 11.1 Å². The molecular formula is C20H15BrN2O2. The standard InChI is InChI=1S/C20H15BrN2O2/c1-13-10-17(18(11-22)20(24)23-13)14-6-8-16(9-7-14)25-12-15-4-2-3-5-19(15)21/h2-10H,12H2,1H3,(H,23,24). The second-order valence-electron chi connectivity index (χ2n) is 5.59. The lowest BCUT2D eigenvalue weighted by molar-refractivity contribution is 0.305. The zero-order valence-electron chi connectivity index (χ0n) is 13.5. The molecule has 3 rings (SSSR count). The molecule has 1 heterocycles. The Hall–Kier alpha value is -2.84. The van der Waals surface area contributed by atoms with E-state index < -0.39 is 0 Å². The van der Waals surface area contributed by atoms with Crippen LogP contribution < -0.4 is 10.3 Å². The fourth-order valence-electron chi connectivity index (χ4n) is 2.53. The lowest BCUT2D eigenvalue weighted by Crippen LogP contribution is -2.12. The average molecular weight is 395 g/mol. The Morgan fingerprint density at radius 1 is 1.16 bits per heavy atom. The van der Waals surface area contributed by atoms with Crippen molar-refractivity contribution in [1.29, 1.82) is 5.26 Å². The molecule has 4 nitrogen and oxygen atoms in total. The first kappa shape index (κ1) is 17.0. The van der Waals surface area contributed by atoms with E-state index in [9.17, 15) is 10.1 Å². The first-order valence-electron chi connectivity index (χ1n) is 7.69. The first-order chi connectivity index (χ1) is 12.1. The predicted octanol–water partition coefficient (Wildman–Crippen LogP) is 4.56. The number of aryl methyl sites for hydroxylation is 1. The summed E-state index contributed by atoms with van der Waals surface area (Å²) in [5.74, 6) is 0.722. The molecular weight excluding hydrogens is 380 g/mol. The molecule has 2 aromatic carbocycles. The van der Waals surface area contributed by atoms with Gasteiger partial charge in [0, 0.05) is 21.3 Å². The Labute approximate surface area is 153 Å². The van der Waals surface area contributed by atoms with Gasteiger partial charge in [0.05, 0.1) is 0 Å². The van der Waals surface area contributed by atoms with Gasteiger partial charge in [-0.05, 0) is 36.8 Å². The van der Waals surface area contributed by atoms with Gasteiger partial charge in [-0.2, -0.15) is 5.26 Å². The fourth-order valence-corrected chi connectivity index (χ4v) is 2.93. The minimum absolute atomic E-state index is 0.118. The van der Waals surface area contributed by atoms with E-state index >= 15 is 0 Å². The number of hydrogen-bond donors (Lipinski definition) is 1.